The maximum atomic E-state index is 14.0. The first kappa shape index (κ1) is 25.0. The molecule has 0 aliphatic carbocycles. The van der Waals surface area contributed by atoms with E-state index >= 15 is 0 Å². The van der Waals surface area contributed by atoms with Crippen molar-refractivity contribution >= 4 is 17.8 Å². The van der Waals surface area contributed by atoms with Crippen LogP contribution in [0.1, 0.15) is 67.2 Å². The van der Waals surface area contributed by atoms with E-state index in [-0.39, 0.29) is 36.9 Å². The average Bonchev–Trinajstić information content (AvgIpc) is 3.26. The zero-order valence-corrected chi connectivity index (χ0v) is 20.3. The molecule has 182 valence electrons. The number of ether oxygens (including phenoxy) is 2. The molecule has 3 aliphatic heterocycles. The number of rotatable bonds is 10. The predicted octanol–water partition coefficient (Wildman–Crippen LogP) is 1.88. The fourth-order valence-corrected chi connectivity index (χ4v) is 6.22. The van der Waals surface area contributed by atoms with Gasteiger partial charge < -0.3 is 24.8 Å². The van der Waals surface area contributed by atoms with Crippen LogP contribution < -0.4 is 5.32 Å². The number of carbonyl (C=O) groups excluding carboxylic acids is 3. The highest BCUT2D eigenvalue weighted by Crippen LogP contribution is 2.65. The topological polar surface area (TPSA) is 105 Å². The van der Waals surface area contributed by atoms with Gasteiger partial charge in [-0.05, 0) is 38.5 Å². The summed E-state index contributed by atoms with van der Waals surface area (Å²) in [6.07, 6.45) is 3.02. The van der Waals surface area contributed by atoms with Crippen LogP contribution in [0.25, 0.3) is 0 Å². The van der Waals surface area contributed by atoms with Crippen LogP contribution in [-0.2, 0) is 23.9 Å². The Labute approximate surface area is 191 Å². The summed E-state index contributed by atoms with van der Waals surface area (Å²) in [6, 6.07) is -1.41. The fraction of sp³-hybridized carbons (Fsp3) is 0.875. The molecule has 2 N–H and O–H groups in total. The second-order valence-electron chi connectivity index (χ2n) is 9.98. The third-order valence-corrected chi connectivity index (χ3v) is 8.22. The van der Waals surface area contributed by atoms with Gasteiger partial charge in [-0.2, -0.15) is 0 Å². The van der Waals surface area contributed by atoms with Gasteiger partial charge in [-0.25, -0.2) is 0 Å². The van der Waals surface area contributed by atoms with Gasteiger partial charge in [0, 0.05) is 6.54 Å². The van der Waals surface area contributed by atoms with Gasteiger partial charge in [-0.3, -0.25) is 14.4 Å². The summed E-state index contributed by atoms with van der Waals surface area (Å²) in [5.74, 6) is -2.60. The van der Waals surface area contributed by atoms with Crippen molar-refractivity contribution < 1.29 is 29.0 Å². The number of aliphatic hydroxyl groups is 1. The van der Waals surface area contributed by atoms with Crippen molar-refractivity contribution in [1.82, 2.24) is 10.2 Å². The Morgan fingerprint density at radius 2 is 2.03 bits per heavy atom. The lowest BCUT2D eigenvalue weighted by molar-refractivity contribution is -0.162. The Balaban J connectivity index is 2.10. The first-order chi connectivity index (χ1) is 15.1. The maximum absolute atomic E-state index is 14.0. The molecule has 8 heteroatoms. The van der Waals surface area contributed by atoms with E-state index in [4.69, 9.17) is 9.47 Å². The minimum absolute atomic E-state index is 0.0172. The Kier molecular flexibility index (Phi) is 7.25. The van der Waals surface area contributed by atoms with Crippen molar-refractivity contribution in [2.75, 3.05) is 19.8 Å². The first-order valence-electron chi connectivity index (χ1n) is 12.2. The summed E-state index contributed by atoms with van der Waals surface area (Å²) in [5, 5.41) is 13.2. The number of carbonyl (C=O) groups is 3. The number of amides is 2. The van der Waals surface area contributed by atoms with Crippen molar-refractivity contribution in [1.29, 1.82) is 0 Å². The number of aliphatic hydroxyl groups excluding tert-OH is 1. The van der Waals surface area contributed by atoms with Gasteiger partial charge in [0.2, 0.25) is 11.8 Å². The molecule has 0 aromatic heterocycles. The Bertz CT molecular complexity index is 744. The number of unbranched alkanes of at least 4 members (excludes halogenated alkanes) is 1. The molecule has 2 amide bonds. The number of nitrogens with one attached hydrogen (secondary N) is 1. The van der Waals surface area contributed by atoms with E-state index < -0.39 is 41.1 Å². The molecule has 0 aromatic carbocycles. The zero-order chi connectivity index (χ0) is 23.8. The summed E-state index contributed by atoms with van der Waals surface area (Å²) in [4.78, 5) is 42.1. The van der Waals surface area contributed by atoms with E-state index in [1.807, 2.05) is 34.6 Å². The lowest BCUT2D eigenvalue weighted by atomic mass is 9.62. The van der Waals surface area contributed by atoms with Crippen LogP contribution in [0.3, 0.4) is 0 Å². The number of hydrogen-bond acceptors (Lipinski definition) is 6. The molecule has 8 atom stereocenters. The quantitative estimate of drug-likeness (QED) is 0.387. The van der Waals surface area contributed by atoms with Crippen molar-refractivity contribution in [3.63, 3.8) is 0 Å². The molecule has 0 saturated carbocycles. The van der Waals surface area contributed by atoms with Gasteiger partial charge in [0.1, 0.15) is 17.6 Å². The minimum atomic E-state index is -1.10. The highest BCUT2D eigenvalue weighted by molar-refractivity contribution is 5.98. The predicted molar refractivity (Wildman–Crippen MR) is 118 cm³/mol. The van der Waals surface area contributed by atoms with Crippen LogP contribution in [0.5, 0.6) is 0 Å². The van der Waals surface area contributed by atoms with Gasteiger partial charge in [0.15, 0.2) is 0 Å². The van der Waals surface area contributed by atoms with Gasteiger partial charge >= 0.3 is 5.97 Å². The maximum Gasteiger partial charge on any atom is 0.312 e. The lowest BCUT2D eigenvalue weighted by Gasteiger charge is -2.39. The van der Waals surface area contributed by atoms with Crippen LogP contribution >= 0.6 is 0 Å². The lowest BCUT2D eigenvalue weighted by Crippen LogP contribution is -2.59. The molecule has 3 aliphatic rings. The molecule has 8 nitrogen and oxygen atoms in total. The van der Waals surface area contributed by atoms with Crippen molar-refractivity contribution in [2.24, 2.45) is 23.7 Å². The van der Waals surface area contributed by atoms with Crippen molar-refractivity contribution in [3.8, 4) is 0 Å². The monoisotopic (exact) mass is 452 g/mol. The summed E-state index contributed by atoms with van der Waals surface area (Å²) in [7, 11) is 0. The summed E-state index contributed by atoms with van der Waals surface area (Å²) in [5.41, 5.74) is -1.97. The van der Waals surface area contributed by atoms with E-state index in [1.54, 1.807) is 11.8 Å². The highest BCUT2D eigenvalue weighted by atomic mass is 16.6. The normalized spacial score (nSPS) is 37.3. The van der Waals surface area contributed by atoms with E-state index in [2.05, 4.69) is 5.32 Å². The van der Waals surface area contributed by atoms with Crippen LogP contribution in [0.4, 0.5) is 0 Å². The summed E-state index contributed by atoms with van der Waals surface area (Å²) >= 11 is 0. The molecule has 32 heavy (non-hydrogen) atoms. The van der Waals surface area contributed by atoms with Crippen LogP contribution in [-0.4, -0.2) is 70.8 Å². The molecule has 0 aromatic rings. The Hall–Kier alpha value is -1.67. The number of fused-ring (bicyclic) bond motifs is 1. The standard InChI is InChI=1S/C24H40N2O6/c1-7-10-11-25-20(28)19-24-12-15(5)23(6,32-24)18(22(30)31-9-3)17(24)21(29)26(19)16(13-27)14(4)8-2/h14-19,27H,7-13H2,1-6H3,(H,25,28)/t14-,15?,16-,17-,18+,19?,23-,24?/m0/s1. The molecule has 2 bridgehead atoms. The zero-order valence-electron chi connectivity index (χ0n) is 20.3. The number of hydrogen-bond donors (Lipinski definition) is 2. The average molecular weight is 453 g/mol. The number of esters is 1. The van der Waals surface area contributed by atoms with Gasteiger partial charge in [0.25, 0.3) is 0 Å². The second-order valence-corrected chi connectivity index (χ2v) is 9.98. The van der Waals surface area contributed by atoms with Crippen LogP contribution in [0, 0.1) is 23.7 Å². The fourth-order valence-electron chi connectivity index (χ4n) is 6.22. The molecule has 0 radical (unpaired) electrons. The molecule has 3 rings (SSSR count). The Morgan fingerprint density at radius 1 is 1.34 bits per heavy atom. The van der Waals surface area contributed by atoms with E-state index in [1.165, 1.54) is 0 Å². The van der Waals surface area contributed by atoms with Crippen molar-refractivity contribution in [2.45, 2.75) is 90.5 Å². The van der Waals surface area contributed by atoms with E-state index in [0.29, 0.717) is 13.0 Å². The number of likely N-dealkylation sites (tertiary alicyclic amines) is 1. The molecule has 1 spiro atoms. The molecule has 3 heterocycles. The molecule has 3 saturated heterocycles. The van der Waals surface area contributed by atoms with E-state index in [9.17, 15) is 19.5 Å². The third-order valence-electron chi connectivity index (χ3n) is 8.22. The molecule has 3 fully saturated rings. The first-order valence-corrected chi connectivity index (χ1v) is 12.2. The molecule has 3 unspecified atom stereocenters. The minimum Gasteiger partial charge on any atom is -0.466 e. The van der Waals surface area contributed by atoms with Crippen LogP contribution in [0.15, 0.2) is 0 Å². The highest BCUT2D eigenvalue weighted by Gasteiger charge is 2.80. The van der Waals surface area contributed by atoms with E-state index in [0.717, 1.165) is 19.3 Å². The van der Waals surface area contributed by atoms with Crippen molar-refractivity contribution in [3.05, 3.63) is 0 Å². The largest absolute Gasteiger partial charge is 0.466 e. The van der Waals surface area contributed by atoms with Crippen LogP contribution in [0.2, 0.25) is 0 Å². The second kappa shape index (κ2) is 9.29. The number of nitrogens with zero attached hydrogens (tertiary/aromatic N) is 1. The summed E-state index contributed by atoms with van der Waals surface area (Å²) in [6.45, 7) is 12.1. The Morgan fingerprint density at radius 3 is 2.59 bits per heavy atom. The smallest absolute Gasteiger partial charge is 0.312 e. The van der Waals surface area contributed by atoms with Gasteiger partial charge in [0.05, 0.1) is 30.8 Å². The third kappa shape index (κ3) is 3.54. The van der Waals surface area contributed by atoms with Gasteiger partial charge in [-0.1, -0.05) is 40.5 Å². The summed E-state index contributed by atoms with van der Waals surface area (Å²) < 4.78 is 12.0. The van der Waals surface area contributed by atoms with Gasteiger partial charge in [-0.15, -0.1) is 0 Å². The molecular formula is C24H40N2O6. The molecular weight excluding hydrogens is 412 g/mol. The SMILES string of the molecule is CCCCNC(=O)C1N([C@@H](CO)[C@@H](C)CC)C(=O)[C@@H]2[C@H](C(=O)OCC)[C@@]3(C)OC12CC3C.